The van der Waals surface area contributed by atoms with E-state index in [1.165, 1.54) is 17.1 Å². The number of amides is 1. The lowest BCUT2D eigenvalue weighted by Gasteiger charge is -2.10. The van der Waals surface area contributed by atoms with Gasteiger partial charge in [0.1, 0.15) is 6.33 Å². The summed E-state index contributed by atoms with van der Waals surface area (Å²) in [7, 11) is 0. The molecular formula is C18H16N6O5. The molecule has 0 bridgehead atoms. The number of ether oxygens (including phenoxy) is 1. The highest BCUT2D eigenvalue weighted by atomic mass is 16.6. The van der Waals surface area contributed by atoms with Gasteiger partial charge in [-0.05, 0) is 54.1 Å². The maximum atomic E-state index is 12.6. The molecule has 148 valence electrons. The number of aryl methyl sites for hydroxylation is 1. The predicted octanol–water partition coefficient (Wildman–Crippen LogP) is 2.31. The van der Waals surface area contributed by atoms with E-state index >= 15 is 0 Å². The number of esters is 1. The topological polar surface area (TPSA) is 142 Å². The van der Waals surface area contributed by atoms with E-state index in [1.54, 1.807) is 25.1 Å². The number of benzene rings is 2. The third-order valence-electron chi connectivity index (χ3n) is 3.95. The summed E-state index contributed by atoms with van der Waals surface area (Å²) in [5, 5.41) is 24.8. The van der Waals surface area contributed by atoms with Gasteiger partial charge in [-0.3, -0.25) is 14.9 Å². The molecule has 1 N–H and O–H groups in total. The highest BCUT2D eigenvalue weighted by molar-refractivity contribution is 6.06. The van der Waals surface area contributed by atoms with Crippen molar-refractivity contribution in [3.8, 4) is 5.69 Å². The molecule has 0 fully saturated rings. The number of anilines is 1. The maximum Gasteiger partial charge on any atom is 0.338 e. The van der Waals surface area contributed by atoms with E-state index in [9.17, 15) is 19.7 Å². The Morgan fingerprint density at radius 3 is 2.59 bits per heavy atom. The van der Waals surface area contributed by atoms with Gasteiger partial charge >= 0.3 is 5.97 Å². The van der Waals surface area contributed by atoms with Gasteiger partial charge in [0.15, 0.2) is 0 Å². The number of rotatable bonds is 6. The lowest BCUT2D eigenvalue weighted by molar-refractivity contribution is -0.384. The van der Waals surface area contributed by atoms with Gasteiger partial charge in [0.25, 0.3) is 11.6 Å². The third-order valence-corrected chi connectivity index (χ3v) is 3.95. The van der Waals surface area contributed by atoms with Crippen LogP contribution >= 0.6 is 0 Å². The van der Waals surface area contributed by atoms with Gasteiger partial charge in [0.05, 0.1) is 22.8 Å². The van der Waals surface area contributed by atoms with Crippen molar-refractivity contribution in [3.63, 3.8) is 0 Å². The largest absolute Gasteiger partial charge is 0.462 e. The van der Waals surface area contributed by atoms with Crippen LogP contribution < -0.4 is 5.32 Å². The maximum absolute atomic E-state index is 12.6. The Labute approximate surface area is 164 Å². The summed E-state index contributed by atoms with van der Waals surface area (Å²) in [5.41, 5.74) is 1.49. The van der Waals surface area contributed by atoms with Gasteiger partial charge in [0, 0.05) is 23.4 Å². The number of nitrogens with one attached hydrogen (secondary N) is 1. The molecule has 11 nitrogen and oxygen atoms in total. The third kappa shape index (κ3) is 4.40. The molecule has 1 amide bonds. The zero-order chi connectivity index (χ0) is 21.0. The molecule has 0 atom stereocenters. The number of hydrogen-bond acceptors (Lipinski definition) is 8. The highest BCUT2D eigenvalue weighted by Crippen LogP contribution is 2.21. The van der Waals surface area contributed by atoms with E-state index in [2.05, 4.69) is 20.8 Å². The van der Waals surface area contributed by atoms with Crippen molar-refractivity contribution >= 4 is 23.3 Å². The number of non-ortho nitro benzene ring substituents is 1. The van der Waals surface area contributed by atoms with E-state index in [0.29, 0.717) is 5.69 Å². The number of nitro groups is 1. The van der Waals surface area contributed by atoms with Gasteiger partial charge in [-0.25, -0.2) is 9.48 Å². The Bertz CT molecular complexity index is 1080. The number of nitrogens with zero attached hydrogens (tertiary/aromatic N) is 5. The van der Waals surface area contributed by atoms with Crippen LogP contribution in [0, 0.1) is 17.0 Å². The smallest absolute Gasteiger partial charge is 0.338 e. The Balaban J connectivity index is 1.87. The molecule has 0 unspecified atom stereocenters. The summed E-state index contributed by atoms with van der Waals surface area (Å²) in [6.45, 7) is 3.54. The summed E-state index contributed by atoms with van der Waals surface area (Å²) in [6.07, 6.45) is 1.45. The molecule has 3 aromatic rings. The van der Waals surface area contributed by atoms with E-state index in [0.717, 1.165) is 23.4 Å². The fraction of sp³-hybridized carbons (Fsp3) is 0.167. The lowest BCUT2D eigenvalue weighted by Crippen LogP contribution is -2.14. The van der Waals surface area contributed by atoms with Gasteiger partial charge in [0.2, 0.25) is 0 Å². The number of tetrazole rings is 1. The number of hydrogen-bond donors (Lipinski definition) is 1. The summed E-state index contributed by atoms with van der Waals surface area (Å²) in [5.74, 6) is -1.35. The molecule has 11 heteroatoms. The van der Waals surface area contributed by atoms with Crippen molar-refractivity contribution in [2.24, 2.45) is 0 Å². The number of carbonyl (C=O) groups is 2. The van der Waals surface area contributed by atoms with E-state index in [1.807, 2.05) is 6.92 Å². The van der Waals surface area contributed by atoms with E-state index < -0.39 is 16.8 Å². The summed E-state index contributed by atoms with van der Waals surface area (Å²) < 4.78 is 6.35. The Kier molecular flexibility index (Phi) is 5.58. The van der Waals surface area contributed by atoms with Crippen molar-refractivity contribution < 1.29 is 19.2 Å². The van der Waals surface area contributed by atoms with Crippen LogP contribution in [0.1, 0.15) is 33.2 Å². The minimum absolute atomic E-state index is 0.0375. The molecule has 1 aromatic heterocycles. The first kappa shape index (κ1) is 19.6. The van der Waals surface area contributed by atoms with Crippen LogP contribution in [0.4, 0.5) is 11.4 Å². The fourth-order valence-electron chi connectivity index (χ4n) is 2.65. The molecule has 0 radical (unpaired) electrons. The van der Waals surface area contributed by atoms with Crippen molar-refractivity contribution in [2.75, 3.05) is 11.9 Å². The second-order valence-electron chi connectivity index (χ2n) is 5.96. The van der Waals surface area contributed by atoms with Gasteiger partial charge < -0.3 is 10.1 Å². The summed E-state index contributed by atoms with van der Waals surface area (Å²) >= 11 is 0. The Hall–Kier alpha value is -4.15. The monoisotopic (exact) mass is 396 g/mol. The van der Waals surface area contributed by atoms with E-state index in [4.69, 9.17) is 4.74 Å². The molecule has 29 heavy (non-hydrogen) atoms. The predicted molar refractivity (Wildman–Crippen MR) is 101 cm³/mol. The van der Waals surface area contributed by atoms with Crippen LogP contribution in [0.5, 0.6) is 0 Å². The number of carbonyl (C=O) groups excluding carboxylic acids is 2. The zero-order valence-corrected chi connectivity index (χ0v) is 15.5. The van der Waals surface area contributed by atoms with Crippen molar-refractivity contribution in [1.82, 2.24) is 20.2 Å². The van der Waals surface area contributed by atoms with Gasteiger partial charge in [-0.15, -0.1) is 5.10 Å². The lowest BCUT2D eigenvalue weighted by atomic mass is 10.1. The molecule has 3 rings (SSSR count). The molecule has 0 spiro atoms. The molecule has 0 aliphatic heterocycles. The Morgan fingerprint density at radius 2 is 1.97 bits per heavy atom. The second-order valence-corrected chi connectivity index (χ2v) is 5.96. The molecule has 1 heterocycles. The zero-order valence-electron chi connectivity index (χ0n) is 15.5. The molecule has 0 saturated heterocycles. The van der Waals surface area contributed by atoms with Crippen molar-refractivity contribution in [3.05, 3.63) is 69.5 Å². The quantitative estimate of drug-likeness (QED) is 0.380. The minimum Gasteiger partial charge on any atom is -0.462 e. The average Bonchev–Trinajstić information content (AvgIpc) is 3.22. The standard InChI is InChI=1S/C18H16N6O5/c1-3-29-18(26)13-7-12(8-15(9-13)24(27)28)17(25)20-14-4-5-16(11(2)6-14)23-10-19-21-22-23/h4-10H,3H2,1-2H3,(H,20,25). The molecule has 0 aliphatic rings. The molecular weight excluding hydrogens is 380 g/mol. The second kappa shape index (κ2) is 8.25. The van der Waals surface area contributed by atoms with Crippen LogP contribution in [0.2, 0.25) is 0 Å². The SMILES string of the molecule is CCOC(=O)c1cc(C(=O)Nc2ccc(-n3cnnn3)c(C)c2)cc([N+](=O)[O-])c1. The average molecular weight is 396 g/mol. The van der Waals surface area contributed by atoms with Crippen LogP contribution in [0.15, 0.2) is 42.7 Å². The molecule has 0 aliphatic carbocycles. The number of nitro benzene ring substituents is 1. The first-order valence-electron chi connectivity index (χ1n) is 8.51. The minimum atomic E-state index is -0.744. The van der Waals surface area contributed by atoms with Crippen molar-refractivity contribution in [2.45, 2.75) is 13.8 Å². The summed E-state index contributed by atoms with van der Waals surface area (Å²) in [6, 6.07) is 8.49. The Morgan fingerprint density at radius 1 is 1.21 bits per heavy atom. The normalized spacial score (nSPS) is 10.4. The highest BCUT2D eigenvalue weighted by Gasteiger charge is 2.19. The van der Waals surface area contributed by atoms with Crippen LogP contribution in [-0.2, 0) is 4.74 Å². The van der Waals surface area contributed by atoms with Gasteiger partial charge in [-0.1, -0.05) is 0 Å². The van der Waals surface area contributed by atoms with Crippen molar-refractivity contribution in [1.29, 1.82) is 0 Å². The summed E-state index contributed by atoms with van der Waals surface area (Å²) in [4.78, 5) is 35.1. The van der Waals surface area contributed by atoms with E-state index in [-0.39, 0.29) is 23.4 Å². The fourth-order valence-corrected chi connectivity index (χ4v) is 2.65. The number of aromatic nitrogens is 4. The van der Waals surface area contributed by atoms with Gasteiger partial charge in [-0.2, -0.15) is 0 Å². The van der Waals surface area contributed by atoms with Crippen LogP contribution in [0.25, 0.3) is 5.69 Å². The molecule has 0 saturated carbocycles. The van der Waals surface area contributed by atoms with Crippen LogP contribution in [-0.4, -0.2) is 43.6 Å². The molecule has 2 aromatic carbocycles. The first-order chi connectivity index (χ1) is 13.9. The van der Waals surface area contributed by atoms with Crippen LogP contribution in [0.3, 0.4) is 0 Å². The first-order valence-corrected chi connectivity index (χ1v) is 8.51.